The number of aromatic amines is 1. The van der Waals surface area contributed by atoms with E-state index in [1.807, 2.05) is 4.98 Å². The predicted octanol–water partition coefficient (Wildman–Crippen LogP) is -2.81. The largest absolute Gasteiger partial charge is 0.481 e. The van der Waals surface area contributed by atoms with Gasteiger partial charge in [-0.05, 0) is 17.9 Å². The van der Waals surface area contributed by atoms with Crippen LogP contribution >= 0.6 is 14.5 Å². The highest BCUT2D eigenvalue weighted by atomic mass is 32.5. The number of H-pyrrole nitrogens is 1. The number of phosphoric acid groups is 1. The number of nitrogens with one attached hydrogen (secondary N) is 1. The normalized spacial score (nSPS) is 38.3. The molecule has 0 radical (unpaired) electrons. The quantitative estimate of drug-likeness (QED) is 0.0895. The van der Waals surface area contributed by atoms with Gasteiger partial charge >= 0.3 is 20.2 Å². The lowest BCUT2D eigenvalue weighted by Crippen LogP contribution is -2.60. The number of halogens is 2. The molecule has 40 heavy (non-hydrogen) atoms. The molecule has 12 atom stereocenters. The van der Waals surface area contributed by atoms with Gasteiger partial charge in [-0.15, -0.1) is 0 Å². The molecule has 0 saturated carbocycles. The molecule has 2 aliphatic heterocycles. The summed E-state index contributed by atoms with van der Waals surface area (Å²) in [5.41, 5.74) is -4.75. The molecule has 0 bridgehead atoms. The van der Waals surface area contributed by atoms with Gasteiger partial charge in [0.1, 0.15) is 36.6 Å². The molecule has 3 rings (SSSR count). The second kappa shape index (κ2) is 12.5. The first-order chi connectivity index (χ1) is 18.5. The number of aliphatic hydroxyl groups excluding tert-OH is 5. The Morgan fingerprint density at radius 3 is 2.45 bits per heavy atom. The Morgan fingerprint density at radius 1 is 1.23 bits per heavy atom. The van der Waals surface area contributed by atoms with E-state index in [4.69, 9.17) is 19.1 Å². The average molecular weight is 642 g/mol. The van der Waals surface area contributed by atoms with Crippen molar-refractivity contribution in [2.24, 2.45) is 0 Å². The van der Waals surface area contributed by atoms with Gasteiger partial charge in [0.15, 0.2) is 18.7 Å². The Labute approximate surface area is 227 Å². The van der Waals surface area contributed by atoms with Crippen molar-refractivity contribution in [3.63, 3.8) is 0 Å². The Kier molecular flexibility index (Phi) is 10.4. The fourth-order valence-electron chi connectivity index (χ4n) is 3.85. The third-order valence-electron chi connectivity index (χ3n) is 5.89. The number of nitrogens with zero attached hydrogens (tertiary/aromatic N) is 1. The number of rotatable bonds is 11. The number of hydrogen-bond acceptors (Lipinski definition) is 14. The third kappa shape index (κ3) is 7.00. The Morgan fingerprint density at radius 2 is 1.88 bits per heavy atom. The molecule has 2 aliphatic rings. The van der Waals surface area contributed by atoms with Crippen molar-refractivity contribution in [2.45, 2.75) is 61.0 Å². The van der Waals surface area contributed by atoms with E-state index in [1.54, 1.807) is 0 Å². The average Bonchev–Trinajstić information content (AvgIpc) is 3.12. The number of aliphatic hydroxyl groups is 5. The SMILES string of the molecule is C=C[C@@]1(F)[C@H](O)[C@@H](COP(O)(=S)OP(=O)(O)OC2OC([C@@H](F)CO)C(O)C(O)C2O)O[C@H]1n1ccc(=O)[nH]c1=O. The van der Waals surface area contributed by atoms with E-state index < -0.39 is 100.0 Å². The first-order valence-electron chi connectivity index (χ1n) is 11.1. The van der Waals surface area contributed by atoms with Crippen LogP contribution in [0.2, 0.25) is 0 Å². The summed E-state index contributed by atoms with van der Waals surface area (Å²) < 4.78 is 66.3. The molecule has 1 aromatic rings. The molecule has 17 nitrogen and oxygen atoms in total. The lowest BCUT2D eigenvalue weighted by molar-refractivity contribution is -0.287. The Hall–Kier alpha value is -1.32. The van der Waals surface area contributed by atoms with Crippen LogP contribution in [0.3, 0.4) is 0 Å². The van der Waals surface area contributed by atoms with Gasteiger partial charge in [0.2, 0.25) is 5.67 Å². The van der Waals surface area contributed by atoms with E-state index in [0.717, 1.165) is 12.3 Å². The van der Waals surface area contributed by atoms with Gasteiger partial charge in [0, 0.05) is 12.3 Å². The Balaban J connectivity index is 1.69. The Bertz CT molecular complexity index is 1290. The summed E-state index contributed by atoms with van der Waals surface area (Å²) >= 11 is 4.61. The topological polar surface area (TPSA) is 260 Å². The summed E-state index contributed by atoms with van der Waals surface area (Å²) in [5, 5.41) is 49.0. The van der Waals surface area contributed by atoms with Crippen LogP contribution < -0.4 is 11.2 Å². The molecule has 3 heterocycles. The minimum atomic E-state index is -5.58. The lowest BCUT2D eigenvalue weighted by atomic mass is 9.96. The van der Waals surface area contributed by atoms with Crippen LogP contribution in [-0.2, 0) is 39.2 Å². The summed E-state index contributed by atoms with van der Waals surface area (Å²) in [6.07, 6.45) is -17.4. The maximum Gasteiger partial charge on any atom is 0.481 e. The zero-order valence-electron chi connectivity index (χ0n) is 20.0. The second-order valence-electron chi connectivity index (χ2n) is 8.58. The van der Waals surface area contributed by atoms with Crippen LogP contribution in [0.4, 0.5) is 8.78 Å². The van der Waals surface area contributed by atoms with E-state index >= 15 is 4.39 Å². The summed E-state index contributed by atoms with van der Waals surface area (Å²) in [7, 11) is -5.58. The molecule has 228 valence electrons. The minimum absolute atomic E-state index is 0.598. The molecule has 2 fully saturated rings. The van der Waals surface area contributed by atoms with Crippen LogP contribution in [0.15, 0.2) is 34.5 Å². The third-order valence-corrected chi connectivity index (χ3v) is 9.40. The highest BCUT2D eigenvalue weighted by Crippen LogP contribution is 2.62. The summed E-state index contributed by atoms with van der Waals surface area (Å²) in [5.74, 6) is 0. The predicted molar refractivity (Wildman–Crippen MR) is 128 cm³/mol. The minimum Gasteiger partial charge on any atom is -0.393 e. The van der Waals surface area contributed by atoms with Crippen molar-refractivity contribution in [3.8, 4) is 0 Å². The van der Waals surface area contributed by atoms with Crippen molar-refractivity contribution >= 4 is 26.3 Å². The zero-order chi connectivity index (χ0) is 30.2. The highest BCUT2D eigenvalue weighted by molar-refractivity contribution is 8.08. The molecule has 1 aromatic heterocycles. The molecule has 0 spiro atoms. The molecular formula is C18H26F2N2O15P2S. The first-order valence-corrected chi connectivity index (χ1v) is 15.2. The maximum absolute atomic E-state index is 15.5. The van der Waals surface area contributed by atoms with E-state index in [9.17, 15) is 48.8 Å². The smallest absolute Gasteiger partial charge is 0.393 e. The van der Waals surface area contributed by atoms with Gasteiger partial charge in [-0.3, -0.25) is 18.9 Å². The van der Waals surface area contributed by atoms with Crippen molar-refractivity contribution in [3.05, 3.63) is 45.8 Å². The number of hydrogen-bond donors (Lipinski definition) is 8. The molecule has 8 N–H and O–H groups in total. The maximum atomic E-state index is 15.5. The van der Waals surface area contributed by atoms with Gasteiger partial charge in [-0.25, -0.2) is 22.5 Å². The van der Waals surface area contributed by atoms with Crippen molar-refractivity contribution in [1.82, 2.24) is 9.55 Å². The van der Waals surface area contributed by atoms with E-state index in [-0.39, 0.29) is 0 Å². The van der Waals surface area contributed by atoms with E-state index in [0.29, 0.717) is 10.6 Å². The van der Waals surface area contributed by atoms with Gasteiger partial charge in [-0.1, -0.05) is 6.58 Å². The fourth-order valence-corrected chi connectivity index (χ4v) is 6.95. The van der Waals surface area contributed by atoms with Gasteiger partial charge in [-0.2, -0.15) is 0 Å². The molecule has 0 aliphatic carbocycles. The number of phosphoric ester groups is 1. The van der Waals surface area contributed by atoms with Crippen molar-refractivity contribution in [2.75, 3.05) is 13.2 Å². The highest BCUT2D eigenvalue weighted by Gasteiger charge is 2.57. The second-order valence-corrected chi connectivity index (χ2v) is 13.0. The molecule has 0 amide bonds. The van der Waals surface area contributed by atoms with Gasteiger partial charge < -0.3 is 49.3 Å². The van der Waals surface area contributed by atoms with Crippen LogP contribution in [0, 0.1) is 0 Å². The zero-order valence-corrected chi connectivity index (χ0v) is 22.6. The summed E-state index contributed by atoms with van der Waals surface area (Å²) in [6.45, 7) is -3.78. The van der Waals surface area contributed by atoms with Gasteiger partial charge in [0.25, 0.3) is 5.56 Å². The van der Waals surface area contributed by atoms with E-state index in [2.05, 4.69) is 27.2 Å². The first kappa shape index (κ1) is 33.2. The fraction of sp³-hybridized carbons (Fsp3) is 0.667. The van der Waals surface area contributed by atoms with Crippen molar-refractivity contribution in [1.29, 1.82) is 0 Å². The standard InChI is InChI=1S/C18H26F2N2O15P2S/c1-2-18(20)14(28)8(34-16(18)22-4-3-9(24)21-17(22)29)6-33-39(32,40)37-38(30,31)36-15-12(27)10(25)11(26)13(35-15)7(19)5-23/h2-4,7-8,10-16,23,25-28H,1,5-6H2,(H,30,31)(H,32,40)(H,21,24,29)/t7-,8+,10?,11?,12?,13?,14+,15?,16+,18+,39?/m0/s1. The van der Waals surface area contributed by atoms with Crippen LogP contribution in [0.25, 0.3) is 0 Å². The van der Waals surface area contributed by atoms with Crippen LogP contribution in [0.5, 0.6) is 0 Å². The molecule has 2 saturated heterocycles. The molecular weight excluding hydrogens is 616 g/mol. The van der Waals surface area contributed by atoms with Crippen LogP contribution in [0.1, 0.15) is 6.23 Å². The van der Waals surface area contributed by atoms with Gasteiger partial charge in [0.05, 0.1) is 13.2 Å². The molecule has 7 unspecified atom stereocenters. The summed E-state index contributed by atoms with van der Waals surface area (Å²) in [4.78, 5) is 45.5. The number of ether oxygens (including phenoxy) is 2. The number of alkyl halides is 2. The van der Waals surface area contributed by atoms with Crippen molar-refractivity contribution < 1.29 is 71.5 Å². The number of aromatic nitrogens is 2. The van der Waals surface area contributed by atoms with Crippen LogP contribution in [-0.4, -0.2) is 113 Å². The molecule has 0 aromatic carbocycles. The van der Waals surface area contributed by atoms with E-state index in [1.165, 1.54) is 0 Å². The summed E-state index contributed by atoms with van der Waals surface area (Å²) in [6, 6.07) is 0.872. The molecule has 22 heteroatoms. The lowest BCUT2D eigenvalue weighted by Gasteiger charge is -2.41. The monoisotopic (exact) mass is 642 g/mol.